The fraction of sp³-hybridized carbons (Fsp3) is 0.583. The molecular formula is C12H20N4O. The first-order valence-electron chi connectivity index (χ1n) is 5.95. The van der Waals surface area contributed by atoms with Crippen LogP contribution in [-0.2, 0) is 11.3 Å². The highest BCUT2D eigenvalue weighted by Gasteiger charge is 2.18. The predicted octanol–water partition coefficient (Wildman–Crippen LogP) is 0.812. The Bertz CT molecular complexity index is 363. The average molecular weight is 236 g/mol. The Balaban J connectivity index is 1.93. The minimum absolute atomic E-state index is 0.243. The normalized spacial score (nSPS) is 21.4. The number of aromatic nitrogens is 2. The molecule has 1 saturated heterocycles. The van der Waals surface area contributed by atoms with Crippen LogP contribution in [0.1, 0.15) is 0 Å². The molecule has 1 aromatic heterocycles. The van der Waals surface area contributed by atoms with Crippen molar-refractivity contribution in [2.24, 2.45) is 0 Å². The van der Waals surface area contributed by atoms with E-state index in [4.69, 9.17) is 4.74 Å². The van der Waals surface area contributed by atoms with Crippen LogP contribution in [0.2, 0.25) is 0 Å². The molecule has 5 nitrogen and oxygen atoms in total. The maximum atomic E-state index is 5.74. The number of hydrogen-bond donors (Lipinski definition) is 1. The second kappa shape index (κ2) is 5.84. The van der Waals surface area contributed by atoms with Gasteiger partial charge < -0.3 is 19.5 Å². The Morgan fingerprint density at radius 2 is 2.59 bits per heavy atom. The summed E-state index contributed by atoms with van der Waals surface area (Å²) in [6, 6.07) is 0. The molecule has 17 heavy (non-hydrogen) atoms. The van der Waals surface area contributed by atoms with Gasteiger partial charge in [0.2, 0.25) is 5.95 Å². The van der Waals surface area contributed by atoms with E-state index in [0.29, 0.717) is 0 Å². The molecule has 0 spiro atoms. The number of morpholine rings is 1. The van der Waals surface area contributed by atoms with Crippen molar-refractivity contribution in [3.05, 3.63) is 25.0 Å². The van der Waals surface area contributed by atoms with E-state index >= 15 is 0 Å². The molecule has 1 unspecified atom stereocenters. The lowest BCUT2D eigenvalue weighted by Gasteiger charge is -2.30. The fourth-order valence-electron chi connectivity index (χ4n) is 1.98. The summed E-state index contributed by atoms with van der Waals surface area (Å²) in [7, 11) is 2.13. The minimum atomic E-state index is 0.243. The molecule has 94 valence electrons. The number of likely N-dealkylation sites (N-methyl/N-ethyl adjacent to an activating group) is 1. The lowest BCUT2D eigenvalue weighted by molar-refractivity contribution is -0.0272. The highest BCUT2D eigenvalue weighted by atomic mass is 16.5. The van der Waals surface area contributed by atoms with Crippen molar-refractivity contribution >= 4 is 5.95 Å². The summed E-state index contributed by atoms with van der Waals surface area (Å²) in [5.74, 6) is 0.877. The molecule has 1 N–H and O–H groups in total. The molecule has 2 heterocycles. The van der Waals surface area contributed by atoms with Crippen LogP contribution in [0.3, 0.4) is 0 Å². The Labute approximate surface area is 102 Å². The van der Waals surface area contributed by atoms with Crippen molar-refractivity contribution in [3.8, 4) is 0 Å². The van der Waals surface area contributed by atoms with Gasteiger partial charge in [0.25, 0.3) is 0 Å². The van der Waals surface area contributed by atoms with Crippen LogP contribution >= 0.6 is 0 Å². The van der Waals surface area contributed by atoms with Gasteiger partial charge in [-0.25, -0.2) is 4.98 Å². The number of nitrogens with one attached hydrogen (secondary N) is 1. The van der Waals surface area contributed by atoms with E-state index in [-0.39, 0.29) is 6.10 Å². The number of rotatable bonds is 5. The lowest BCUT2D eigenvalue weighted by atomic mass is 10.3. The molecule has 1 fully saturated rings. The third-order valence-electron chi connectivity index (χ3n) is 2.86. The maximum Gasteiger partial charge on any atom is 0.203 e. The van der Waals surface area contributed by atoms with Gasteiger partial charge in [-0.1, -0.05) is 6.08 Å². The first-order valence-corrected chi connectivity index (χ1v) is 5.95. The molecule has 2 rings (SSSR count). The zero-order valence-corrected chi connectivity index (χ0v) is 10.3. The summed E-state index contributed by atoms with van der Waals surface area (Å²) in [4.78, 5) is 6.57. The first-order chi connectivity index (χ1) is 8.29. The zero-order chi connectivity index (χ0) is 12.1. The standard InChI is InChI=1S/C12H20N4O/c1-3-4-13-12-14-5-6-16(12)10-11-9-15(2)7-8-17-11/h3,5-6,11H,1,4,7-10H2,2H3,(H,13,14). The van der Waals surface area contributed by atoms with Gasteiger partial charge in [-0.2, -0.15) is 0 Å². The molecule has 1 atom stereocenters. The molecule has 5 heteroatoms. The van der Waals surface area contributed by atoms with Gasteiger partial charge in [0.1, 0.15) is 0 Å². The molecule has 1 aliphatic heterocycles. The lowest BCUT2D eigenvalue weighted by Crippen LogP contribution is -2.42. The average Bonchev–Trinajstić information content (AvgIpc) is 2.74. The quantitative estimate of drug-likeness (QED) is 0.768. The van der Waals surface area contributed by atoms with Gasteiger partial charge in [0.05, 0.1) is 19.3 Å². The number of imidazole rings is 1. The molecular weight excluding hydrogens is 216 g/mol. The van der Waals surface area contributed by atoms with Crippen LogP contribution in [-0.4, -0.2) is 53.8 Å². The fourth-order valence-corrected chi connectivity index (χ4v) is 1.98. The smallest absolute Gasteiger partial charge is 0.203 e. The van der Waals surface area contributed by atoms with Gasteiger partial charge in [0.15, 0.2) is 0 Å². The predicted molar refractivity (Wildman–Crippen MR) is 68.2 cm³/mol. The van der Waals surface area contributed by atoms with E-state index in [1.807, 2.05) is 12.3 Å². The number of hydrogen-bond acceptors (Lipinski definition) is 4. The summed E-state index contributed by atoms with van der Waals surface area (Å²) >= 11 is 0. The van der Waals surface area contributed by atoms with Crippen LogP contribution in [0.15, 0.2) is 25.0 Å². The van der Waals surface area contributed by atoms with Crippen LogP contribution in [0.25, 0.3) is 0 Å². The van der Waals surface area contributed by atoms with Crippen molar-refractivity contribution in [3.63, 3.8) is 0 Å². The van der Waals surface area contributed by atoms with E-state index in [0.717, 1.165) is 38.7 Å². The first kappa shape index (κ1) is 12.1. The van der Waals surface area contributed by atoms with Gasteiger partial charge in [-0.15, -0.1) is 6.58 Å². The summed E-state index contributed by atoms with van der Waals surface area (Å²) < 4.78 is 7.83. The maximum absolute atomic E-state index is 5.74. The molecule has 0 bridgehead atoms. The Hall–Kier alpha value is -1.33. The molecule has 0 radical (unpaired) electrons. The van der Waals surface area contributed by atoms with E-state index in [9.17, 15) is 0 Å². The Morgan fingerprint density at radius 1 is 1.71 bits per heavy atom. The Kier molecular flexibility index (Phi) is 4.17. The van der Waals surface area contributed by atoms with Crippen molar-refractivity contribution in [1.82, 2.24) is 14.5 Å². The third-order valence-corrected chi connectivity index (χ3v) is 2.86. The van der Waals surface area contributed by atoms with E-state index in [1.54, 1.807) is 6.20 Å². The van der Waals surface area contributed by atoms with Crippen molar-refractivity contribution in [2.45, 2.75) is 12.6 Å². The minimum Gasteiger partial charge on any atom is -0.374 e. The van der Waals surface area contributed by atoms with Crippen LogP contribution < -0.4 is 5.32 Å². The van der Waals surface area contributed by atoms with Crippen molar-refractivity contribution in [2.75, 3.05) is 38.6 Å². The van der Waals surface area contributed by atoms with Gasteiger partial charge >= 0.3 is 0 Å². The molecule has 0 saturated carbocycles. The summed E-state index contributed by atoms with van der Waals surface area (Å²) in [5.41, 5.74) is 0. The van der Waals surface area contributed by atoms with E-state index in [1.165, 1.54) is 0 Å². The van der Waals surface area contributed by atoms with Crippen molar-refractivity contribution < 1.29 is 4.74 Å². The molecule has 1 aliphatic rings. The molecule has 0 aromatic carbocycles. The number of nitrogens with zero attached hydrogens (tertiary/aromatic N) is 3. The summed E-state index contributed by atoms with van der Waals surface area (Å²) in [6.07, 6.45) is 5.85. The van der Waals surface area contributed by atoms with Crippen LogP contribution in [0.4, 0.5) is 5.95 Å². The van der Waals surface area contributed by atoms with Gasteiger partial charge in [-0.05, 0) is 7.05 Å². The van der Waals surface area contributed by atoms with E-state index < -0.39 is 0 Å². The topological polar surface area (TPSA) is 42.3 Å². The number of ether oxygens (including phenoxy) is 1. The second-order valence-corrected chi connectivity index (χ2v) is 4.33. The largest absolute Gasteiger partial charge is 0.374 e. The summed E-state index contributed by atoms with van der Waals surface area (Å²) in [6.45, 7) is 8.04. The zero-order valence-electron chi connectivity index (χ0n) is 10.3. The molecule has 1 aromatic rings. The van der Waals surface area contributed by atoms with E-state index in [2.05, 4.69) is 33.4 Å². The SMILES string of the molecule is C=CCNc1nccn1CC1CN(C)CCO1. The Morgan fingerprint density at radius 3 is 3.35 bits per heavy atom. The number of anilines is 1. The van der Waals surface area contributed by atoms with Gasteiger partial charge in [-0.3, -0.25) is 0 Å². The van der Waals surface area contributed by atoms with Crippen LogP contribution in [0, 0.1) is 0 Å². The summed E-state index contributed by atoms with van der Waals surface area (Å²) in [5, 5.41) is 3.21. The third kappa shape index (κ3) is 3.31. The molecule has 0 amide bonds. The highest BCUT2D eigenvalue weighted by molar-refractivity contribution is 5.26. The van der Waals surface area contributed by atoms with Gasteiger partial charge in [0, 0.05) is 32.0 Å². The molecule has 0 aliphatic carbocycles. The monoisotopic (exact) mass is 236 g/mol. The van der Waals surface area contributed by atoms with Crippen LogP contribution in [0.5, 0.6) is 0 Å². The second-order valence-electron chi connectivity index (χ2n) is 4.33. The van der Waals surface area contributed by atoms with Crippen molar-refractivity contribution in [1.29, 1.82) is 0 Å². The highest BCUT2D eigenvalue weighted by Crippen LogP contribution is 2.10.